The van der Waals surface area contributed by atoms with Crippen LogP contribution in [0.4, 0.5) is 13.6 Å². The van der Waals surface area contributed by atoms with Gasteiger partial charge in [0.25, 0.3) is 0 Å². The molecule has 0 atom stereocenters. The highest BCUT2D eigenvalue weighted by atomic mass is 32.2. The molecule has 1 saturated carbocycles. The van der Waals surface area contributed by atoms with E-state index in [2.05, 4.69) is 0 Å². The first-order valence-corrected chi connectivity index (χ1v) is 5.79. The maximum atomic E-state index is 11.7. The topological polar surface area (TPSA) is 63.2 Å². The molecule has 4 nitrogen and oxygen atoms in total. The Bertz CT molecular complexity index is 315. The van der Waals surface area contributed by atoms with Crippen molar-refractivity contribution >= 4 is 23.1 Å². The molecular formula is C6H10BF2NO3S. The molecular weight excluding hydrogens is 215 g/mol. The summed E-state index contributed by atoms with van der Waals surface area (Å²) in [6.45, 7) is 0. The van der Waals surface area contributed by atoms with Gasteiger partial charge < -0.3 is 0 Å². The van der Waals surface area contributed by atoms with E-state index in [-0.39, 0.29) is 0 Å². The van der Waals surface area contributed by atoms with E-state index in [0.717, 1.165) is 0 Å². The number of amides is 1. The zero-order valence-corrected chi connectivity index (χ0v) is 8.19. The van der Waals surface area contributed by atoms with Crippen molar-refractivity contribution in [3.8, 4) is 0 Å². The van der Waals surface area contributed by atoms with Gasteiger partial charge in [-0.2, -0.15) is 0 Å². The quantitative estimate of drug-likeness (QED) is 0.684. The lowest BCUT2D eigenvalue weighted by Crippen LogP contribution is -2.35. The van der Waals surface area contributed by atoms with Crippen molar-refractivity contribution in [1.82, 2.24) is 4.72 Å². The Morgan fingerprint density at radius 3 is 2.50 bits per heavy atom. The molecule has 0 aromatic carbocycles. The average molecular weight is 225 g/mol. The minimum Gasteiger partial charge on any atom is -0.287 e. The number of hydrogen-bond donors (Lipinski definition) is 1. The average Bonchev–Trinajstić information content (AvgIpc) is 2.81. The molecule has 0 aromatic rings. The number of carbonyl (C=O) groups is 1. The van der Waals surface area contributed by atoms with Gasteiger partial charge in [0.2, 0.25) is 23.7 Å². The Hall–Kier alpha value is -0.655. The van der Waals surface area contributed by atoms with Crippen LogP contribution in [0.3, 0.4) is 0 Å². The summed E-state index contributed by atoms with van der Waals surface area (Å²) in [5.74, 6) is -0.850. The van der Waals surface area contributed by atoms with E-state index in [9.17, 15) is 22.0 Å². The molecule has 0 aromatic heterocycles. The lowest BCUT2D eigenvalue weighted by atomic mass is 9.74. The molecule has 0 saturated heterocycles. The smallest absolute Gasteiger partial charge is 0.240 e. The number of sulfonamides is 1. The first-order chi connectivity index (χ1) is 6.42. The minimum absolute atomic E-state index is 0.455. The maximum absolute atomic E-state index is 11.7. The lowest BCUT2D eigenvalue weighted by molar-refractivity contribution is 0.171. The second-order valence-electron chi connectivity index (χ2n) is 3.20. The molecule has 1 fully saturated rings. The Morgan fingerprint density at radius 2 is 2.07 bits per heavy atom. The molecule has 1 rings (SSSR count). The highest BCUT2D eigenvalue weighted by Crippen LogP contribution is 2.27. The van der Waals surface area contributed by atoms with E-state index in [1.807, 2.05) is 0 Å². The minimum atomic E-state index is -3.58. The Labute approximate surface area is 81.3 Å². The summed E-state index contributed by atoms with van der Waals surface area (Å²) in [5, 5.41) is -0.502. The Kier molecular flexibility index (Phi) is 3.46. The molecule has 1 N–H and O–H groups in total. The van der Waals surface area contributed by atoms with E-state index in [4.69, 9.17) is 0 Å². The normalized spacial score (nSPS) is 16.8. The predicted molar refractivity (Wildman–Crippen MR) is 48.4 cm³/mol. The second-order valence-corrected chi connectivity index (χ2v) is 5.16. The summed E-state index contributed by atoms with van der Waals surface area (Å²) < 4.78 is 47.4. The van der Waals surface area contributed by atoms with Crippen LogP contribution in [-0.4, -0.2) is 33.2 Å². The number of halogens is 2. The van der Waals surface area contributed by atoms with Gasteiger partial charge in [0.1, 0.15) is 0 Å². The monoisotopic (exact) mass is 225 g/mol. The summed E-state index contributed by atoms with van der Waals surface area (Å²) in [4.78, 5) is 10.9. The molecule has 8 heteroatoms. The first-order valence-electron chi connectivity index (χ1n) is 4.24. The van der Waals surface area contributed by atoms with E-state index < -0.39 is 41.1 Å². The molecule has 0 radical (unpaired) electrons. The van der Waals surface area contributed by atoms with Crippen molar-refractivity contribution < 1.29 is 22.0 Å². The van der Waals surface area contributed by atoms with Crippen LogP contribution in [-0.2, 0) is 10.0 Å². The molecule has 0 heterocycles. The molecule has 1 aliphatic rings. The fourth-order valence-electron chi connectivity index (χ4n) is 0.912. The standard InChI is InChI=1S/C6H10BF2NO3S/c8-5(9)3-7-6(11)10-14(12,13)4-1-2-4/h4-5,7H,1-3H2,(H,10,11). The van der Waals surface area contributed by atoms with Crippen LogP contribution in [0, 0.1) is 0 Å². The third-order valence-corrected chi connectivity index (χ3v) is 3.67. The van der Waals surface area contributed by atoms with Crippen molar-refractivity contribution in [3.05, 3.63) is 0 Å². The Morgan fingerprint density at radius 1 is 1.50 bits per heavy atom. The fourth-order valence-corrected chi connectivity index (χ4v) is 2.25. The van der Waals surface area contributed by atoms with Crippen LogP contribution in [0.25, 0.3) is 0 Å². The molecule has 14 heavy (non-hydrogen) atoms. The predicted octanol–water partition coefficient (Wildman–Crippen LogP) is 0.308. The molecule has 80 valence electrons. The van der Waals surface area contributed by atoms with Crippen LogP contribution >= 0.6 is 0 Å². The van der Waals surface area contributed by atoms with Crippen LogP contribution in [0.15, 0.2) is 0 Å². The number of nitrogens with one attached hydrogen (secondary N) is 1. The van der Waals surface area contributed by atoms with Crippen LogP contribution in [0.2, 0.25) is 6.32 Å². The van der Waals surface area contributed by atoms with Gasteiger partial charge in [-0.15, -0.1) is 0 Å². The SMILES string of the molecule is O=C(BCC(F)F)NS(=O)(=O)C1CC1. The van der Waals surface area contributed by atoms with Crippen molar-refractivity contribution in [2.45, 2.75) is 30.8 Å². The highest BCUT2D eigenvalue weighted by Gasteiger charge is 2.36. The summed E-state index contributed by atoms with van der Waals surface area (Å²) >= 11 is 0. The van der Waals surface area contributed by atoms with E-state index in [0.29, 0.717) is 12.8 Å². The van der Waals surface area contributed by atoms with Gasteiger partial charge in [0.15, 0.2) is 5.81 Å². The van der Waals surface area contributed by atoms with Crippen molar-refractivity contribution in [2.24, 2.45) is 0 Å². The van der Waals surface area contributed by atoms with E-state index in [1.54, 1.807) is 4.72 Å². The number of alkyl halides is 2. The third-order valence-electron chi connectivity index (χ3n) is 1.81. The van der Waals surface area contributed by atoms with Crippen LogP contribution in [0.1, 0.15) is 12.8 Å². The van der Waals surface area contributed by atoms with E-state index >= 15 is 0 Å². The summed E-state index contributed by atoms with van der Waals surface area (Å²) in [6, 6.07) is 0. The fraction of sp³-hybridized carbons (Fsp3) is 0.833. The van der Waals surface area contributed by atoms with Crippen LogP contribution < -0.4 is 4.72 Å². The van der Waals surface area contributed by atoms with Crippen LogP contribution in [0.5, 0.6) is 0 Å². The second kappa shape index (κ2) is 4.25. The third kappa shape index (κ3) is 3.61. The maximum Gasteiger partial charge on any atom is 0.240 e. The molecule has 1 aliphatic carbocycles. The zero-order valence-electron chi connectivity index (χ0n) is 7.37. The largest absolute Gasteiger partial charge is 0.287 e. The number of rotatable bonds is 5. The summed E-state index contributed by atoms with van der Waals surface area (Å²) in [7, 11) is -4.03. The molecule has 1 amide bonds. The van der Waals surface area contributed by atoms with Crippen molar-refractivity contribution in [2.75, 3.05) is 0 Å². The number of hydrogen-bond acceptors (Lipinski definition) is 3. The molecule has 0 bridgehead atoms. The van der Waals surface area contributed by atoms with Gasteiger partial charge >= 0.3 is 0 Å². The van der Waals surface area contributed by atoms with Gasteiger partial charge in [0.05, 0.1) is 5.25 Å². The molecule has 0 spiro atoms. The van der Waals surface area contributed by atoms with E-state index in [1.165, 1.54) is 0 Å². The van der Waals surface area contributed by atoms with Crippen molar-refractivity contribution in [3.63, 3.8) is 0 Å². The highest BCUT2D eigenvalue weighted by molar-refractivity contribution is 7.91. The van der Waals surface area contributed by atoms with Crippen molar-refractivity contribution in [1.29, 1.82) is 0 Å². The first kappa shape index (κ1) is 11.4. The van der Waals surface area contributed by atoms with Gasteiger partial charge in [-0.3, -0.25) is 9.52 Å². The van der Waals surface area contributed by atoms with Gasteiger partial charge in [-0.25, -0.2) is 17.2 Å². The van der Waals surface area contributed by atoms with Gasteiger partial charge in [-0.1, -0.05) is 0 Å². The number of carbonyl (C=O) groups excluding carboxylic acids is 1. The Balaban J connectivity index is 2.33. The summed E-state index contributed by atoms with van der Waals surface area (Å²) in [5.41, 5.74) is 0. The lowest BCUT2D eigenvalue weighted by Gasteiger charge is -2.04. The van der Waals surface area contributed by atoms with Gasteiger partial charge in [-0.05, 0) is 19.2 Å². The molecule has 0 aliphatic heterocycles. The molecule has 0 unspecified atom stereocenters. The zero-order chi connectivity index (χ0) is 10.8. The summed E-state index contributed by atoms with van der Waals surface area (Å²) in [6.07, 6.45) is -2.11. The van der Waals surface area contributed by atoms with Gasteiger partial charge in [0, 0.05) is 0 Å².